The second-order valence-electron chi connectivity index (χ2n) is 4.77. The summed E-state index contributed by atoms with van der Waals surface area (Å²) in [4.78, 5) is 2.19. The summed E-state index contributed by atoms with van der Waals surface area (Å²) < 4.78 is 1.17. The highest BCUT2D eigenvalue weighted by atomic mass is 127. The van der Waals surface area contributed by atoms with Gasteiger partial charge in [0.2, 0.25) is 0 Å². The van der Waals surface area contributed by atoms with Crippen LogP contribution in [0.25, 0.3) is 11.3 Å². The van der Waals surface area contributed by atoms with E-state index in [2.05, 4.69) is 70.0 Å². The van der Waals surface area contributed by atoms with Gasteiger partial charge < -0.3 is 4.90 Å². The van der Waals surface area contributed by atoms with Gasteiger partial charge in [0.1, 0.15) is 0 Å². The Labute approximate surface area is 114 Å². The van der Waals surface area contributed by atoms with E-state index in [4.69, 9.17) is 0 Å². The number of aromatic nitrogens is 2. The van der Waals surface area contributed by atoms with Crippen molar-refractivity contribution in [1.29, 1.82) is 0 Å². The molecule has 1 heterocycles. The molecule has 1 aliphatic carbocycles. The van der Waals surface area contributed by atoms with Crippen molar-refractivity contribution in [3.8, 4) is 11.3 Å². The third-order valence-corrected chi connectivity index (χ3v) is 4.00. The second-order valence-corrected chi connectivity index (χ2v) is 5.85. The topological polar surface area (TPSA) is 31.9 Å². The van der Waals surface area contributed by atoms with Crippen LogP contribution in [0.15, 0.2) is 18.2 Å². The Morgan fingerprint density at radius 1 is 1.41 bits per heavy atom. The molecular formula is C13H14IN3. The van der Waals surface area contributed by atoms with Crippen molar-refractivity contribution in [3.63, 3.8) is 0 Å². The lowest BCUT2D eigenvalue weighted by atomic mass is 10.1. The molecule has 0 radical (unpaired) electrons. The van der Waals surface area contributed by atoms with E-state index < -0.39 is 0 Å². The average Bonchev–Trinajstić information content (AvgIpc) is 2.78. The predicted molar refractivity (Wildman–Crippen MR) is 76.9 cm³/mol. The van der Waals surface area contributed by atoms with Crippen LogP contribution in [-0.4, -0.2) is 29.2 Å². The van der Waals surface area contributed by atoms with Crippen molar-refractivity contribution < 1.29 is 0 Å². The van der Waals surface area contributed by atoms with Gasteiger partial charge in [0, 0.05) is 24.1 Å². The Kier molecular flexibility index (Phi) is 2.71. The summed E-state index contributed by atoms with van der Waals surface area (Å²) in [6.45, 7) is 0.994. The van der Waals surface area contributed by atoms with E-state index in [1.807, 2.05) is 0 Å². The summed E-state index contributed by atoms with van der Waals surface area (Å²) in [5, 5.41) is 7.44. The Balaban J connectivity index is 2.01. The molecule has 0 saturated heterocycles. The van der Waals surface area contributed by atoms with Crippen LogP contribution >= 0.6 is 22.6 Å². The van der Waals surface area contributed by atoms with Crippen molar-refractivity contribution in [2.24, 2.45) is 0 Å². The quantitative estimate of drug-likeness (QED) is 0.728. The first-order valence-electron chi connectivity index (χ1n) is 5.65. The summed E-state index contributed by atoms with van der Waals surface area (Å²) in [7, 11) is 4.20. The molecule has 3 nitrogen and oxygen atoms in total. The van der Waals surface area contributed by atoms with Crippen molar-refractivity contribution in [3.05, 3.63) is 38.6 Å². The van der Waals surface area contributed by atoms with Crippen molar-refractivity contribution in [2.75, 3.05) is 14.1 Å². The maximum atomic E-state index is 4.39. The van der Waals surface area contributed by atoms with Crippen LogP contribution < -0.4 is 0 Å². The molecule has 2 aromatic rings. The predicted octanol–water partition coefficient (Wildman–Crippen LogP) is 2.65. The Hall–Kier alpha value is -0.880. The summed E-state index contributed by atoms with van der Waals surface area (Å²) in [6.07, 6.45) is 1.01. The lowest BCUT2D eigenvalue weighted by molar-refractivity contribution is 0.402. The SMILES string of the molecule is CN(C)Cc1ccc2c(c1)Cc1c-2n[nH]c1I. The molecule has 1 aliphatic rings. The maximum Gasteiger partial charge on any atom is 0.0999 e. The van der Waals surface area contributed by atoms with Crippen LogP contribution in [0.2, 0.25) is 0 Å². The monoisotopic (exact) mass is 339 g/mol. The summed E-state index contributed by atoms with van der Waals surface area (Å²) >= 11 is 2.32. The first kappa shape index (κ1) is 11.2. The fourth-order valence-electron chi connectivity index (χ4n) is 2.41. The van der Waals surface area contributed by atoms with Gasteiger partial charge in [-0.1, -0.05) is 18.2 Å². The number of hydrogen-bond acceptors (Lipinski definition) is 2. The van der Waals surface area contributed by atoms with Gasteiger partial charge in [0.15, 0.2) is 0 Å². The van der Waals surface area contributed by atoms with E-state index >= 15 is 0 Å². The van der Waals surface area contributed by atoms with E-state index in [0.29, 0.717) is 0 Å². The Morgan fingerprint density at radius 2 is 2.24 bits per heavy atom. The van der Waals surface area contributed by atoms with Gasteiger partial charge in [-0.3, -0.25) is 5.10 Å². The van der Waals surface area contributed by atoms with Crippen LogP contribution in [0.3, 0.4) is 0 Å². The highest BCUT2D eigenvalue weighted by molar-refractivity contribution is 14.1. The molecule has 1 N–H and O–H groups in total. The molecule has 0 atom stereocenters. The summed E-state index contributed by atoms with van der Waals surface area (Å²) in [5.74, 6) is 0. The second kappa shape index (κ2) is 4.10. The van der Waals surface area contributed by atoms with Crippen LogP contribution in [0.5, 0.6) is 0 Å². The highest BCUT2D eigenvalue weighted by Gasteiger charge is 2.23. The van der Waals surface area contributed by atoms with Gasteiger partial charge in [-0.15, -0.1) is 0 Å². The molecule has 0 aliphatic heterocycles. The largest absolute Gasteiger partial charge is 0.305 e. The van der Waals surface area contributed by atoms with Gasteiger partial charge in [-0.2, -0.15) is 5.10 Å². The molecule has 0 fully saturated rings. The number of H-pyrrole nitrogens is 1. The highest BCUT2D eigenvalue weighted by Crippen LogP contribution is 2.37. The van der Waals surface area contributed by atoms with Gasteiger partial charge >= 0.3 is 0 Å². The third-order valence-electron chi connectivity index (χ3n) is 3.11. The zero-order chi connectivity index (χ0) is 12.0. The number of halogens is 1. The minimum absolute atomic E-state index is 0.994. The Morgan fingerprint density at radius 3 is 3.00 bits per heavy atom. The summed E-state index contributed by atoms with van der Waals surface area (Å²) in [5.41, 5.74) is 6.57. The lowest BCUT2D eigenvalue weighted by Gasteiger charge is -2.10. The molecule has 3 rings (SSSR count). The molecule has 1 aromatic heterocycles. The molecule has 17 heavy (non-hydrogen) atoms. The number of nitrogens with zero attached hydrogens (tertiary/aromatic N) is 2. The summed E-state index contributed by atoms with van der Waals surface area (Å²) in [6, 6.07) is 6.72. The van der Waals surface area contributed by atoms with Gasteiger partial charge in [-0.05, 0) is 47.8 Å². The number of hydrogen-bond donors (Lipinski definition) is 1. The minimum Gasteiger partial charge on any atom is -0.305 e. The first-order valence-corrected chi connectivity index (χ1v) is 6.72. The normalized spacial score (nSPS) is 12.9. The average molecular weight is 339 g/mol. The molecule has 0 saturated carbocycles. The fraction of sp³-hybridized carbons (Fsp3) is 0.308. The van der Waals surface area contributed by atoms with E-state index in [1.165, 1.54) is 26.0 Å². The van der Waals surface area contributed by atoms with Crippen molar-refractivity contribution >= 4 is 22.6 Å². The number of fused-ring (bicyclic) bond motifs is 3. The molecule has 1 aromatic carbocycles. The van der Waals surface area contributed by atoms with Crippen LogP contribution in [0.4, 0.5) is 0 Å². The van der Waals surface area contributed by atoms with Crippen LogP contribution in [-0.2, 0) is 13.0 Å². The number of benzene rings is 1. The minimum atomic E-state index is 0.994. The molecule has 0 amide bonds. The molecule has 0 unspecified atom stereocenters. The van der Waals surface area contributed by atoms with Crippen LogP contribution in [0.1, 0.15) is 16.7 Å². The van der Waals surface area contributed by atoms with Crippen molar-refractivity contribution in [1.82, 2.24) is 15.1 Å². The van der Waals surface area contributed by atoms with E-state index in [9.17, 15) is 0 Å². The van der Waals surface area contributed by atoms with Gasteiger partial charge in [0.25, 0.3) is 0 Å². The first-order chi connectivity index (χ1) is 8.15. The van der Waals surface area contributed by atoms with Crippen LogP contribution in [0, 0.1) is 3.70 Å². The molecular weight excluding hydrogens is 325 g/mol. The maximum absolute atomic E-state index is 4.39. The number of nitrogens with one attached hydrogen (secondary N) is 1. The molecule has 0 spiro atoms. The number of aromatic amines is 1. The smallest absolute Gasteiger partial charge is 0.0999 e. The lowest BCUT2D eigenvalue weighted by Crippen LogP contribution is -2.10. The number of rotatable bonds is 2. The van der Waals surface area contributed by atoms with Gasteiger partial charge in [-0.25, -0.2) is 0 Å². The molecule has 0 bridgehead atoms. The zero-order valence-corrected chi connectivity index (χ0v) is 12.1. The van der Waals surface area contributed by atoms with Crippen molar-refractivity contribution in [2.45, 2.75) is 13.0 Å². The van der Waals surface area contributed by atoms with Gasteiger partial charge in [0.05, 0.1) is 9.39 Å². The Bertz CT molecular complexity index is 572. The van der Waals surface area contributed by atoms with E-state index in [1.54, 1.807) is 0 Å². The molecule has 4 heteroatoms. The molecule has 88 valence electrons. The van der Waals surface area contributed by atoms with E-state index in [-0.39, 0.29) is 0 Å². The third kappa shape index (κ3) is 1.89. The van der Waals surface area contributed by atoms with E-state index in [0.717, 1.165) is 18.7 Å². The fourth-order valence-corrected chi connectivity index (χ4v) is 2.97. The standard InChI is InChI=1S/C13H14IN3/c1-17(2)7-8-3-4-10-9(5-8)6-11-12(10)15-16-13(11)14/h3-5H,6-7H2,1-2H3,(H,15,16). The zero-order valence-electron chi connectivity index (χ0n) is 9.92.